The van der Waals surface area contributed by atoms with E-state index in [9.17, 15) is 9.18 Å². The molecule has 0 saturated heterocycles. The van der Waals surface area contributed by atoms with E-state index in [-0.39, 0.29) is 11.7 Å². The lowest BCUT2D eigenvalue weighted by Gasteiger charge is -2.11. The third kappa shape index (κ3) is 5.53. The molecule has 2 aromatic heterocycles. The van der Waals surface area contributed by atoms with Crippen LogP contribution in [0.3, 0.4) is 0 Å². The number of carbonyl (C=O) groups is 1. The van der Waals surface area contributed by atoms with Crippen LogP contribution in [0.1, 0.15) is 41.9 Å². The van der Waals surface area contributed by atoms with E-state index in [1.165, 1.54) is 12.1 Å². The number of nitrogens with zero attached hydrogens (tertiary/aromatic N) is 3. The van der Waals surface area contributed by atoms with Crippen molar-refractivity contribution >= 4 is 11.6 Å². The summed E-state index contributed by atoms with van der Waals surface area (Å²) in [6.07, 6.45) is 2.69. The Balaban J connectivity index is 1.38. The molecule has 0 saturated carbocycles. The zero-order valence-corrected chi connectivity index (χ0v) is 17.2. The van der Waals surface area contributed by atoms with Gasteiger partial charge in [-0.3, -0.25) is 4.79 Å². The summed E-state index contributed by atoms with van der Waals surface area (Å²) in [6.45, 7) is 7.08. The summed E-state index contributed by atoms with van der Waals surface area (Å²) < 4.78 is 20.2. The molecule has 154 valence electrons. The van der Waals surface area contributed by atoms with E-state index in [2.05, 4.69) is 15.4 Å². The van der Waals surface area contributed by atoms with Gasteiger partial charge in [-0.05, 0) is 69.9 Å². The molecule has 1 amide bonds. The van der Waals surface area contributed by atoms with Crippen LogP contribution < -0.4 is 10.1 Å². The van der Waals surface area contributed by atoms with Crippen LogP contribution in [0.25, 0.3) is 5.65 Å². The normalized spacial score (nSPS) is 11.0. The topological polar surface area (TPSA) is 68.5 Å². The summed E-state index contributed by atoms with van der Waals surface area (Å²) in [5, 5.41) is 7.42. The molecule has 1 aromatic carbocycles. The monoisotopic (exact) mass is 398 g/mol. The van der Waals surface area contributed by atoms with Gasteiger partial charge in [0.1, 0.15) is 11.6 Å². The maximum absolute atomic E-state index is 12.8. The minimum absolute atomic E-state index is 0.0278. The number of aryl methyl sites for hydroxylation is 3. The first-order valence-electron chi connectivity index (χ1n) is 9.91. The summed E-state index contributed by atoms with van der Waals surface area (Å²) in [6, 6.07) is 7.92. The van der Waals surface area contributed by atoms with Crippen LogP contribution in [0.2, 0.25) is 0 Å². The summed E-state index contributed by atoms with van der Waals surface area (Å²) in [5.41, 5.74) is 4.82. The molecule has 0 fully saturated rings. The Hall–Kier alpha value is -2.96. The van der Waals surface area contributed by atoms with E-state index in [1.807, 2.05) is 31.4 Å². The third-order valence-electron chi connectivity index (χ3n) is 4.86. The molecular formula is C22H27FN4O2. The first-order valence-corrected chi connectivity index (χ1v) is 9.91. The number of hydrogen-bond acceptors (Lipinski definition) is 4. The van der Waals surface area contributed by atoms with Crippen molar-refractivity contribution in [3.63, 3.8) is 0 Å². The van der Waals surface area contributed by atoms with Gasteiger partial charge in [0, 0.05) is 30.4 Å². The van der Waals surface area contributed by atoms with Gasteiger partial charge in [-0.25, -0.2) is 13.9 Å². The summed E-state index contributed by atoms with van der Waals surface area (Å²) in [5.74, 6) is 0.403. The lowest BCUT2D eigenvalue weighted by atomic mass is 10.1. The molecule has 7 heteroatoms. The number of benzene rings is 1. The molecule has 0 unspecified atom stereocenters. The molecule has 0 spiro atoms. The zero-order chi connectivity index (χ0) is 20.8. The molecule has 3 rings (SSSR count). The van der Waals surface area contributed by atoms with Crippen molar-refractivity contribution in [2.75, 3.05) is 13.2 Å². The molecule has 1 N–H and O–H groups in total. The number of amides is 1. The van der Waals surface area contributed by atoms with Crippen LogP contribution in [0.15, 0.2) is 30.3 Å². The van der Waals surface area contributed by atoms with Crippen LogP contribution in [0.5, 0.6) is 5.75 Å². The highest BCUT2D eigenvalue weighted by Gasteiger charge is 2.12. The summed E-state index contributed by atoms with van der Waals surface area (Å²) in [4.78, 5) is 16.8. The van der Waals surface area contributed by atoms with Gasteiger partial charge in [-0.2, -0.15) is 5.10 Å². The van der Waals surface area contributed by atoms with E-state index >= 15 is 0 Å². The molecule has 3 aromatic rings. The first-order chi connectivity index (χ1) is 13.9. The van der Waals surface area contributed by atoms with E-state index in [4.69, 9.17) is 4.74 Å². The van der Waals surface area contributed by atoms with Crippen molar-refractivity contribution in [1.29, 1.82) is 0 Å². The van der Waals surface area contributed by atoms with Crippen molar-refractivity contribution in [2.24, 2.45) is 0 Å². The molecule has 0 aliphatic heterocycles. The second-order valence-corrected chi connectivity index (χ2v) is 7.18. The zero-order valence-electron chi connectivity index (χ0n) is 17.2. The van der Waals surface area contributed by atoms with Gasteiger partial charge in [0.05, 0.1) is 12.3 Å². The van der Waals surface area contributed by atoms with Crippen LogP contribution >= 0.6 is 0 Å². The lowest BCUT2D eigenvalue weighted by molar-refractivity contribution is -0.121. The predicted octanol–water partition coefficient (Wildman–Crippen LogP) is 3.70. The number of ether oxygens (including phenoxy) is 1. The number of unbranched alkanes of at least 4 members (excludes halogenated alkanes) is 1. The Morgan fingerprint density at radius 2 is 1.93 bits per heavy atom. The second-order valence-electron chi connectivity index (χ2n) is 7.18. The van der Waals surface area contributed by atoms with Crippen LogP contribution in [0, 0.1) is 26.6 Å². The van der Waals surface area contributed by atoms with Gasteiger partial charge in [0.2, 0.25) is 5.91 Å². The summed E-state index contributed by atoms with van der Waals surface area (Å²) in [7, 11) is 0. The van der Waals surface area contributed by atoms with Crippen molar-refractivity contribution in [3.8, 4) is 5.75 Å². The molecule has 0 radical (unpaired) electrons. The van der Waals surface area contributed by atoms with Gasteiger partial charge in [-0.1, -0.05) is 0 Å². The number of fused-ring (bicyclic) bond motifs is 1. The van der Waals surface area contributed by atoms with Gasteiger partial charge in [0.15, 0.2) is 5.65 Å². The van der Waals surface area contributed by atoms with Crippen LogP contribution in [-0.2, 0) is 11.2 Å². The number of rotatable bonds is 9. The van der Waals surface area contributed by atoms with Crippen molar-refractivity contribution in [1.82, 2.24) is 19.9 Å². The highest BCUT2D eigenvalue weighted by Crippen LogP contribution is 2.17. The number of nitrogens with one attached hydrogen (secondary N) is 1. The van der Waals surface area contributed by atoms with Gasteiger partial charge >= 0.3 is 0 Å². The number of carbonyl (C=O) groups excluding carboxylic acids is 1. The minimum Gasteiger partial charge on any atom is -0.494 e. The fraction of sp³-hybridized carbons (Fsp3) is 0.409. The minimum atomic E-state index is -0.277. The van der Waals surface area contributed by atoms with Gasteiger partial charge in [-0.15, -0.1) is 0 Å². The molecule has 0 atom stereocenters. The Morgan fingerprint density at radius 3 is 2.69 bits per heavy atom. The largest absolute Gasteiger partial charge is 0.494 e. The lowest BCUT2D eigenvalue weighted by Crippen LogP contribution is -2.25. The van der Waals surface area contributed by atoms with Crippen molar-refractivity contribution in [2.45, 2.75) is 46.5 Å². The Kier molecular flexibility index (Phi) is 6.80. The van der Waals surface area contributed by atoms with Gasteiger partial charge in [0.25, 0.3) is 0 Å². The average Bonchev–Trinajstić information content (AvgIpc) is 3.06. The molecule has 29 heavy (non-hydrogen) atoms. The third-order valence-corrected chi connectivity index (χ3v) is 4.86. The average molecular weight is 398 g/mol. The number of aromatic nitrogens is 3. The number of halogens is 1. The van der Waals surface area contributed by atoms with E-state index in [1.54, 1.807) is 12.1 Å². The van der Waals surface area contributed by atoms with Crippen LogP contribution in [-0.4, -0.2) is 33.7 Å². The van der Waals surface area contributed by atoms with E-state index in [0.717, 1.165) is 41.1 Å². The molecule has 0 aliphatic rings. The fourth-order valence-electron chi connectivity index (χ4n) is 3.31. The van der Waals surface area contributed by atoms with Crippen molar-refractivity contribution < 1.29 is 13.9 Å². The molecule has 6 nitrogen and oxygen atoms in total. The Labute approximate surface area is 170 Å². The number of hydrogen-bond donors (Lipinski definition) is 1. The Bertz CT molecular complexity index is 983. The highest BCUT2D eigenvalue weighted by atomic mass is 19.1. The Morgan fingerprint density at radius 1 is 1.17 bits per heavy atom. The van der Waals surface area contributed by atoms with E-state index in [0.29, 0.717) is 31.7 Å². The fourth-order valence-corrected chi connectivity index (χ4v) is 3.31. The second kappa shape index (κ2) is 9.49. The maximum Gasteiger partial charge on any atom is 0.220 e. The summed E-state index contributed by atoms with van der Waals surface area (Å²) >= 11 is 0. The molecule has 2 heterocycles. The first kappa shape index (κ1) is 20.8. The smallest absolute Gasteiger partial charge is 0.220 e. The predicted molar refractivity (Wildman–Crippen MR) is 110 cm³/mol. The highest BCUT2D eigenvalue weighted by molar-refractivity contribution is 5.76. The van der Waals surface area contributed by atoms with Crippen LogP contribution in [0.4, 0.5) is 4.39 Å². The molecule has 0 aliphatic carbocycles. The SMILES string of the molecule is Cc1cc2nc(C)c(CCC(=O)NCCCCOc3ccc(F)cc3)c(C)n2n1. The molecular weight excluding hydrogens is 371 g/mol. The van der Waals surface area contributed by atoms with Crippen molar-refractivity contribution in [3.05, 3.63) is 58.8 Å². The van der Waals surface area contributed by atoms with E-state index < -0.39 is 0 Å². The quantitative estimate of drug-likeness (QED) is 0.558. The standard InChI is InChI=1S/C22H27FN4O2/c1-15-14-21-25-16(2)20(17(3)27(21)26-15)10-11-22(28)24-12-4-5-13-29-19-8-6-18(23)7-9-19/h6-9,14H,4-5,10-13H2,1-3H3,(H,24,28). The maximum atomic E-state index is 12.8. The van der Waals surface area contributed by atoms with Gasteiger partial charge < -0.3 is 10.1 Å². The molecule has 0 bridgehead atoms.